The Labute approximate surface area is 126 Å². The van der Waals surface area contributed by atoms with Crippen LogP contribution < -0.4 is 15.4 Å². The Morgan fingerprint density at radius 2 is 2.19 bits per heavy atom. The maximum Gasteiger partial charge on any atom is 0.124 e. The molecule has 0 aromatic heterocycles. The monoisotopic (exact) mass is 287 g/mol. The number of ether oxygens (including phenoxy) is 1. The summed E-state index contributed by atoms with van der Waals surface area (Å²) in [5, 5.41) is 7.77. The fraction of sp³-hybridized carbons (Fsp3) is 0.588. The molecule has 2 fully saturated rings. The molecule has 2 bridgehead atoms. The van der Waals surface area contributed by atoms with E-state index in [0.29, 0.717) is 0 Å². The molecule has 3 N–H and O–H groups in total. The zero-order valence-corrected chi connectivity index (χ0v) is 12.9. The molecule has 1 aromatic rings. The Kier molecular flexibility index (Phi) is 3.79. The van der Waals surface area contributed by atoms with Crippen molar-refractivity contribution in [2.75, 3.05) is 25.6 Å². The molecule has 3 unspecified atom stereocenters. The van der Waals surface area contributed by atoms with Crippen LogP contribution in [0.15, 0.2) is 18.2 Å². The van der Waals surface area contributed by atoms with Gasteiger partial charge in [-0.3, -0.25) is 5.41 Å². The van der Waals surface area contributed by atoms with Crippen molar-refractivity contribution in [2.24, 2.45) is 23.5 Å². The zero-order chi connectivity index (χ0) is 15.0. The van der Waals surface area contributed by atoms with Crippen molar-refractivity contribution in [3.8, 4) is 5.75 Å². The molecule has 0 spiro atoms. The second kappa shape index (κ2) is 5.58. The third-order valence-corrected chi connectivity index (χ3v) is 5.30. The van der Waals surface area contributed by atoms with Crippen LogP contribution in [-0.4, -0.2) is 26.5 Å². The van der Waals surface area contributed by atoms with E-state index in [1.54, 1.807) is 7.11 Å². The number of nitrogens with zero attached hydrogens (tertiary/aromatic N) is 1. The minimum absolute atomic E-state index is 0.118. The lowest BCUT2D eigenvalue weighted by Crippen LogP contribution is -2.30. The number of hydrogen-bond donors (Lipinski definition) is 2. The molecule has 21 heavy (non-hydrogen) atoms. The fourth-order valence-electron chi connectivity index (χ4n) is 4.23. The standard InChI is InChI=1S/C17H25N3O/c1-20(10-13-8-11-3-4-12(13)7-11)16-9-14(21-2)5-6-15(16)17(18)19/h5-6,9,11-13H,3-4,7-8,10H2,1-2H3,(H3,18,19). The minimum Gasteiger partial charge on any atom is -0.497 e. The molecular weight excluding hydrogens is 262 g/mol. The van der Waals surface area contributed by atoms with E-state index >= 15 is 0 Å². The minimum atomic E-state index is 0.118. The number of hydrogen-bond acceptors (Lipinski definition) is 3. The van der Waals surface area contributed by atoms with Crippen LogP contribution in [0.2, 0.25) is 0 Å². The van der Waals surface area contributed by atoms with Crippen LogP contribution in [0.1, 0.15) is 31.2 Å². The number of anilines is 1. The average Bonchev–Trinajstić information content (AvgIpc) is 3.09. The molecule has 2 aliphatic carbocycles. The van der Waals surface area contributed by atoms with Crippen molar-refractivity contribution >= 4 is 11.5 Å². The molecule has 114 valence electrons. The first-order chi connectivity index (χ1) is 10.1. The lowest BCUT2D eigenvalue weighted by atomic mass is 9.88. The first-order valence-electron chi connectivity index (χ1n) is 7.82. The van der Waals surface area contributed by atoms with Gasteiger partial charge in [-0.05, 0) is 49.1 Å². The van der Waals surface area contributed by atoms with E-state index in [2.05, 4.69) is 11.9 Å². The molecule has 2 aliphatic rings. The van der Waals surface area contributed by atoms with E-state index in [4.69, 9.17) is 15.9 Å². The van der Waals surface area contributed by atoms with Crippen LogP contribution in [-0.2, 0) is 0 Å². The van der Waals surface area contributed by atoms with Crippen LogP contribution in [0.5, 0.6) is 5.75 Å². The van der Waals surface area contributed by atoms with Crippen molar-refractivity contribution < 1.29 is 4.74 Å². The van der Waals surface area contributed by atoms with E-state index in [1.807, 2.05) is 18.2 Å². The van der Waals surface area contributed by atoms with Crippen molar-refractivity contribution in [3.63, 3.8) is 0 Å². The number of nitrogen functional groups attached to an aromatic ring is 1. The highest BCUT2D eigenvalue weighted by atomic mass is 16.5. The summed E-state index contributed by atoms with van der Waals surface area (Å²) >= 11 is 0. The predicted molar refractivity (Wildman–Crippen MR) is 86.2 cm³/mol. The number of benzene rings is 1. The Morgan fingerprint density at radius 1 is 1.38 bits per heavy atom. The molecule has 0 saturated heterocycles. The SMILES string of the molecule is COc1ccc(C(=N)N)c(N(C)CC2CC3CCC2C3)c1. The topological polar surface area (TPSA) is 62.3 Å². The number of nitrogens with one attached hydrogen (secondary N) is 1. The molecule has 0 heterocycles. The van der Waals surface area contributed by atoms with Crippen LogP contribution in [0, 0.1) is 23.2 Å². The van der Waals surface area contributed by atoms with E-state index in [-0.39, 0.29) is 5.84 Å². The van der Waals surface area contributed by atoms with E-state index in [9.17, 15) is 0 Å². The van der Waals surface area contributed by atoms with Crippen LogP contribution in [0.25, 0.3) is 0 Å². The summed E-state index contributed by atoms with van der Waals surface area (Å²) in [6, 6.07) is 5.74. The summed E-state index contributed by atoms with van der Waals surface area (Å²) in [5.41, 5.74) is 7.53. The van der Waals surface area contributed by atoms with Gasteiger partial charge in [-0.15, -0.1) is 0 Å². The number of fused-ring (bicyclic) bond motifs is 2. The summed E-state index contributed by atoms with van der Waals surface area (Å²) in [6.07, 6.45) is 5.63. The smallest absolute Gasteiger partial charge is 0.124 e. The predicted octanol–water partition coefficient (Wildman–Crippen LogP) is 2.85. The Hall–Kier alpha value is -1.71. The van der Waals surface area contributed by atoms with Gasteiger partial charge in [0.15, 0.2) is 0 Å². The second-order valence-electron chi connectivity index (χ2n) is 6.61. The fourth-order valence-corrected chi connectivity index (χ4v) is 4.23. The quantitative estimate of drug-likeness (QED) is 0.646. The van der Waals surface area contributed by atoms with Gasteiger partial charge in [0.1, 0.15) is 11.6 Å². The number of rotatable bonds is 5. The molecular formula is C17H25N3O. The average molecular weight is 287 g/mol. The largest absolute Gasteiger partial charge is 0.497 e. The van der Waals surface area contributed by atoms with Gasteiger partial charge >= 0.3 is 0 Å². The molecule has 1 aromatic carbocycles. The Balaban J connectivity index is 1.79. The maximum absolute atomic E-state index is 7.77. The molecule has 4 heteroatoms. The molecule has 3 rings (SSSR count). The van der Waals surface area contributed by atoms with Gasteiger partial charge in [0.2, 0.25) is 0 Å². The normalized spacial score (nSPS) is 26.9. The van der Waals surface area contributed by atoms with Crippen molar-refractivity contribution in [3.05, 3.63) is 23.8 Å². The van der Waals surface area contributed by atoms with Gasteiger partial charge in [0, 0.05) is 25.2 Å². The first-order valence-corrected chi connectivity index (χ1v) is 7.82. The van der Waals surface area contributed by atoms with Crippen molar-refractivity contribution in [1.82, 2.24) is 0 Å². The van der Waals surface area contributed by atoms with Gasteiger partial charge in [0.05, 0.1) is 12.8 Å². The summed E-state index contributed by atoms with van der Waals surface area (Å²) in [5.74, 6) is 3.59. The van der Waals surface area contributed by atoms with E-state index < -0.39 is 0 Å². The van der Waals surface area contributed by atoms with Crippen molar-refractivity contribution in [1.29, 1.82) is 5.41 Å². The molecule has 3 atom stereocenters. The van der Waals surface area contributed by atoms with Crippen LogP contribution in [0.3, 0.4) is 0 Å². The highest BCUT2D eigenvalue weighted by molar-refractivity contribution is 6.00. The lowest BCUT2D eigenvalue weighted by molar-refractivity contribution is 0.337. The van der Waals surface area contributed by atoms with E-state index in [0.717, 1.165) is 41.3 Å². The lowest BCUT2D eigenvalue weighted by Gasteiger charge is -2.30. The summed E-state index contributed by atoms with van der Waals surface area (Å²) in [6.45, 7) is 1.05. The molecule has 2 saturated carbocycles. The van der Waals surface area contributed by atoms with Crippen LogP contribution >= 0.6 is 0 Å². The first kappa shape index (κ1) is 14.2. The Morgan fingerprint density at radius 3 is 2.76 bits per heavy atom. The zero-order valence-electron chi connectivity index (χ0n) is 12.9. The second-order valence-corrected chi connectivity index (χ2v) is 6.61. The Bertz CT molecular complexity index is 543. The third-order valence-electron chi connectivity index (χ3n) is 5.30. The molecule has 0 amide bonds. The van der Waals surface area contributed by atoms with Crippen molar-refractivity contribution in [2.45, 2.75) is 25.7 Å². The highest BCUT2D eigenvalue weighted by Gasteiger charge is 2.39. The van der Waals surface area contributed by atoms with Gasteiger partial charge < -0.3 is 15.4 Å². The number of methoxy groups -OCH3 is 1. The van der Waals surface area contributed by atoms with Gasteiger partial charge in [-0.25, -0.2) is 0 Å². The highest BCUT2D eigenvalue weighted by Crippen LogP contribution is 2.48. The molecule has 0 radical (unpaired) electrons. The maximum atomic E-state index is 7.77. The summed E-state index contributed by atoms with van der Waals surface area (Å²) in [7, 11) is 3.77. The van der Waals surface area contributed by atoms with Crippen LogP contribution in [0.4, 0.5) is 5.69 Å². The summed E-state index contributed by atoms with van der Waals surface area (Å²) in [4.78, 5) is 2.25. The molecule has 4 nitrogen and oxygen atoms in total. The number of amidine groups is 1. The number of nitrogens with two attached hydrogens (primary N) is 1. The van der Waals surface area contributed by atoms with Gasteiger partial charge in [-0.2, -0.15) is 0 Å². The molecule has 0 aliphatic heterocycles. The van der Waals surface area contributed by atoms with Gasteiger partial charge in [0.25, 0.3) is 0 Å². The summed E-state index contributed by atoms with van der Waals surface area (Å²) < 4.78 is 5.32. The van der Waals surface area contributed by atoms with E-state index in [1.165, 1.54) is 25.7 Å². The van der Waals surface area contributed by atoms with Gasteiger partial charge in [-0.1, -0.05) is 6.42 Å². The third kappa shape index (κ3) is 2.71.